The number of hydrogen-bond acceptors (Lipinski definition) is 2. The van der Waals surface area contributed by atoms with E-state index in [0.29, 0.717) is 12.4 Å². The number of aliphatic carboxylic acids is 1. The summed E-state index contributed by atoms with van der Waals surface area (Å²) in [5.41, 5.74) is 0. The summed E-state index contributed by atoms with van der Waals surface area (Å²) in [5, 5.41) is 13.0. The lowest BCUT2D eigenvalue weighted by atomic mass is 10.3. The molecule has 0 aromatic heterocycles. The highest BCUT2D eigenvalue weighted by Crippen LogP contribution is 1.80. The molecule has 12 heavy (non-hydrogen) atoms. The van der Waals surface area contributed by atoms with E-state index in [2.05, 4.69) is 10.6 Å². The minimum Gasteiger partial charge on any atom is -0.480 e. The predicted octanol–water partition coefficient (Wildman–Crippen LogP) is -0.00250. The monoisotopic (exact) mass is 194 g/mol. The Morgan fingerprint density at radius 2 is 2.17 bits per heavy atom. The first-order chi connectivity index (χ1) is 5.57. The van der Waals surface area contributed by atoms with Crippen LogP contribution >= 0.6 is 11.6 Å². The van der Waals surface area contributed by atoms with Crippen LogP contribution in [0.4, 0.5) is 4.79 Å². The number of hydrogen-bond donors (Lipinski definition) is 3. The van der Waals surface area contributed by atoms with Crippen LogP contribution in [0.15, 0.2) is 0 Å². The molecular weight excluding hydrogens is 184 g/mol. The van der Waals surface area contributed by atoms with Crippen LogP contribution in [0.5, 0.6) is 0 Å². The van der Waals surface area contributed by atoms with Gasteiger partial charge in [0.05, 0.1) is 0 Å². The Balaban J connectivity index is 3.61. The van der Waals surface area contributed by atoms with Gasteiger partial charge in [0.2, 0.25) is 0 Å². The van der Waals surface area contributed by atoms with Gasteiger partial charge in [0.15, 0.2) is 0 Å². The normalized spacial score (nSPS) is 11.8. The fraction of sp³-hybridized carbons (Fsp3) is 0.667. The highest BCUT2D eigenvalue weighted by molar-refractivity contribution is 6.18. The third-order valence-corrected chi connectivity index (χ3v) is 1.29. The minimum atomic E-state index is -1.07. The van der Waals surface area contributed by atoms with Crippen molar-refractivity contribution < 1.29 is 14.7 Å². The van der Waals surface area contributed by atoms with E-state index < -0.39 is 18.0 Å². The van der Waals surface area contributed by atoms with E-state index in [1.165, 1.54) is 6.92 Å². The highest BCUT2D eigenvalue weighted by Gasteiger charge is 2.12. The average Bonchev–Trinajstić information content (AvgIpc) is 2.00. The van der Waals surface area contributed by atoms with Crippen molar-refractivity contribution in [3.8, 4) is 0 Å². The average molecular weight is 195 g/mol. The number of nitrogens with one attached hydrogen (secondary N) is 2. The van der Waals surface area contributed by atoms with Crippen LogP contribution < -0.4 is 10.6 Å². The molecule has 0 fully saturated rings. The maximum absolute atomic E-state index is 10.8. The molecule has 3 N–H and O–H groups in total. The smallest absolute Gasteiger partial charge is 0.325 e. The zero-order valence-electron chi connectivity index (χ0n) is 6.63. The van der Waals surface area contributed by atoms with Crippen LogP contribution in [-0.2, 0) is 4.79 Å². The lowest BCUT2D eigenvalue weighted by Crippen LogP contribution is -2.44. The fourth-order valence-corrected chi connectivity index (χ4v) is 0.565. The molecule has 0 aliphatic rings. The molecule has 0 saturated heterocycles. The van der Waals surface area contributed by atoms with Crippen molar-refractivity contribution in [2.45, 2.75) is 13.0 Å². The summed E-state index contributed by atoms with van der Waals surface area (Å²) >= 11 is 5.29. The molecule has 0 saturated carbocycles. The molecule has 0 bridgehead atoms. The molecule has 0 rings (SSSR count). The van der Waals surface area contributed by atoms with Gasteiger partial charge in [-0.2, -0.15) is 0 Å². The third-order valence-electron chi connectivity index (χ3n) is 1.10. The number of urea groups is 1. The highest BCUT2D eigenvalue weighted by atomic mass is 35.5. The van der Waals surface area contributed by atoms with E-state index in [0.717, 1.165) is 0 Å². The van der Waals surface area contributed by atoms with Crippen LogP contribution in [-0.4, -0.2) is 35.6 Å². The minimum absolute atomic E-state index is 0.300. The Kier molecular flexibility index (Phi) is 5.19. The van der Waals surface area contributed by atoms with Crippen LogP contribution in [0.1, 0.15) is 6.92 Å². The zero-order chi connectivity index (χ0) is 9.56. The van der Waals surface area contributed by atoms with Crippen molar-refractivity contribution in [1.82, 2.24) is 10.6 Å². The molecule has 0 radical (unpaired) electrons. The second-order valence-electron chi connectivity index (χ2n) is 2.15. The van der Waals surface area contributed by atoms with Crippen LogP contribution in [0, 0.1) is 0 Å². The van der Waals surface area contributed by atoms with Crippen molar-refractivity contribution in [2.75, 3.05) is 12.4 Å². The number of rotatable bonds is 4. The summed E-state index contributed by atoms with van der Waals surface area (Å²) in [6.07, 6.45) is 0. The van der Waals surface area contributed by atoms with Gasteiger partial charge < -0.3 is 15.7 Å². The Hall–Kier alpha value is -0.970. The number of carbonyl (C=O) groups is 2. The first-order valence-corrected chi connectivity index (χ1v) is 3.94. The first kappa shape index (κ1) is 11.0. The van der Waals surface area contributed by atoms with Gasteiger partial charge in [-0.15, -0.1) is 11.6 Å². The van der Waals surface area contributed by atoms with Crippen molar-refractivity contribution in [2.24, 2.45) is 0 Å². The lowest BCUT2D eigenvalue weighted by molar-refractivity contribution is -0.138. The van der Waals surface area contributed by atoms with Gasteiger partial charge in [0, 0.05) is 12.4 Å². The summed E-state index contributed by atoms with van der Waals surface area (Å²) in [4.78, 5) is 21.0. The molecule has 0 aliphatic heterocycles. The van der Waals surface area contributed by atoms with E-state index in [1.807, 2.05) is 0 Å². The third kappa shape index (κ3) is 4.79. The summed E-state index contributed by atoms with van der Waals surface area (Å²) in [5.74, 6) is -0.773. The molecule has 1 atom stereocenters. The van der Waals surface area contributed by atoms with Gasteiger partial charge in [-0.25, -0.2) is 4.79 Å². The van der Waals surface area contributed by atoms with Gasteiger partial charge in [-0.1, -0.05) is 0 Å². The van der Waals surface area contributed by atoms with E-state index in [1.54, 1.807) is 0 Å². The Bertz CT molecular complexity index is 174. The molecular formula is C6H11ClN2O3. The number of halogens is 1. The fourth-order valence-electron chi connectivity index (χ4n) is 0.470. The van der Waals surface area contributed by atoms with Crippen molar-refractivity contribution >= 4 is 23.6 Å². The SMILES string of the molecule is CC(NC(=O)NCCCl)C(=O)O. The van der Waals surface area contributed by atoms with Gasteiger partial charge in [0.25, 0.3) is 0 Å². The number of carboxylic acid groups (broad SMARTS) is 1. The second-order valence-corrected chi connectivity index (χ2v) is 2.53. The molecule has 0 aromatic rings. The molecule has 0 spiro atoms. The van der Waals surface area contributed by atoms with Crippen LogP contribution in [0.3, 0.4) is 0 Å². The Morgan fingerprint density at radius 3 is 2.58 bits per heavy atom. The first-order valence-electron chi connectivity index (χ1n) is 3.41. The van der Waals surface area contributed by atoms with Crippen molar-refractivity contribution in [3.63, 3.8) is 0 Å². The van der Waals surface area contributed by atoms with E-state index in [-0.39, 0.29) is 0 Å². The van der Waals surface area contributed by atoms with E-state index in [4.69, 9.17) is 16.7 Å². The van der Waals surface area contributed by atoms with E-state index in [9.17, 15) is 9.59 Å². The van der Waals surface area contributed by atoms with Crippen LogP contribution in [0.2, 0.25) is 0 Å². The molecule has 70 valence electrons. The molecule has 2 amide bonds. The van der Waals surface area contributed by atoms with Crippen molar-refractivity contribution in [3.05, 3.63) is 0 Å². The van der Waals surface area contributed by atoms with Crippen LogP contribution in [0.25, 0.3) is 0 Å². The molecule has 0 aliphatic carbocycles. The molecule has 0 aromatic carbocycles. The summed E-state index contributed by atoms with van der Waals surface area (Å²) < 4.78 is 0. The quantitative estimate of drug-likeness (QED) is 0.551. The summed E-state index contributed by atoms with van der Waals surface area (Å²) in [6.45, 7) is 1.70. The second kappa shape index (κ2) is 5.65. The van der Waals surface area contributed by atoms with Gasteiger partial charge in [-0.3, -0.25) is 4.79 Å². The molecule has 6 heteroatoms. The number of carboxylic acids is 1. The summed E-state index contributed by atoms with van der Waals surface area (Å²) in [6, 6.07) is -1.41. The van der Waals surface area contributed by atoms with Gasteiger partial charge >= 0.3 is 12.0 Å². The number of carbonyl (C=O) groups excluding carboxylic acids is 1. The molecule has 0 heterocycles. The predicted molar refractivity (Wildman–Crippen MR) is 44.4 cm³/mol. The standard InChI is InChI=1S/C6H11ClN2O3/c1-4(5(10)11)9-6(12)8-3-2-7/h4H,2-3H2,1H3,(H,10,11)(H2,8,9,12). The van der Waals surface area contributed by atoms with Crippen molar-refractivity contribution in [1.29, 1.82) is 0 Å². The maximum Gasteiger partial charge on any atom is 0.325 e. The Labute approximate surface area is 75.1 Å². The number of amides is 2. The van der Waals surface area contributed by atoms with E-state index >= 15 is 0 Å². The van der Waals surface area contributed by atoms with Gasteiger partial charge in [-0.05, 0) is 6.92 Å². The lowest BCUT2D eigenvalue weighted by Gasteiger charge is -2.09. The Morgan fingerprint density at radius 1 is 1.58 bits per heavy atom. The largest absolute Gasteiger partial charge is 0.480 e. The zero-order valence-corrected chi connectivity index (χ0v) is 7.39. The van der Waals surface area contributed by atoms with Gasteiger partial charge in [0.1, 0.15) is 6.04 Å². The molecule has 5 nitrogen and oxygen atoms in total. The molecule has 1 unspecified atom stereocenters. The maximum atomic E-state index is 10.8. The number of alkyl halides is 1. The summed E-state index contributed by atoms with van der Waals surface area (Å²) in [7, 11) is 0. The topological polar surface area (TPSA) is 78.4 Å².